The first-order valence-corrected chi connectivity index (χ1v) is 9.34. The number of piperazine rings is 1. The van der Waals surface area contributed by atoms with Gasteiger partial charge in [-0.25, -0.2) is 0 Å². The third-order valence-corrected chi connectivity index (χ3v) is 5.29. The smallest absolute Gasteiger partial charge is 0.258 e. The maximum absolute atomic E-state index is 13.1. The van der Waals surface area contributed by atoms with E-state index < -0.39 is 0 Å². The molecule has 1 aliphatic rings. The molecule has 2 amide bonds. The lowest BCUT2D eigenvalue weighted by molar-refractivity contribution is -0.121. The fourth-order valence-electron chi connectivity index (χ4n) is 3.65. The Morgan fingerprint density at radius 3 is 2.36 bits per heavy atom. The van der Waals surface area contributed by atoms with Gasteiger partial charge in [0.25, 0.3) is 5.91 Å². The Labute approximate surface area is 163 Å². The van der Waals surface area contributed by atoms with Gasteiger partial charge in [-0.05, 0) is 48.9 Å². The average molecular weight is 374 g/mol. The second kappa shape index (κ2) is 7.00. The van der Waals surface area contributed by atoms with Crippen LogP contribution < -0.4 is 4.90 Å². The third kappa shape index (κ3) is 3.20. The Hall–Kier alpha value is -3.34. The van der Waals surface area contributed by atoms with Crippen LogP contribution in [0.4, 0.5) is 5.69 Å². The molecular formula is C23H22N2O3. The molecule has 1 aliphatic heterocycles. The first kappa shape index (κ1) is 18.0. The number of fused-ring (bicyclic) bond motifs is 1. The molecule has 1 atom stereocenters. The first-order valence-electron chi connectivity index (χ1n) is 9.34. The lowest BCUT2D eigenvalue weighted by atomic mass is 10.0. The molecule has 4 rings (SSSR count). The van der Waals surface area contributed by atoms with Gasteiger partial charge in [-0.1, -0.05) is 42.0 Å². The number of phenols is 1. The van der Waals surface area contributed by atoms with Crippen molar-refractivity contribution in [2.24, 2.45) is 0 Å². The minimum absolute atomic E-state index is 0.0137. The van der Waals surface area contributed by atoms with Crippen LogP contribution in [0.3, 0.4) is 0 Å². The number of carbonyl (C=O) groups is 2. The Morgan fingerprint density at radius 2 is 1.68 bits per heavy atom. The second-order valence-corrected chi connectivity index (χ2v) is 7.34. The van der Waals surface area contributed by atoms with E-state index in [2.05, 4.69) is 0 Å². The summed E-state index contributed by atoms with van der Waals surface area (Å²) in [6.07, 6.45) is 0. The molecule has 142 valence electrons. The summed E-state index contributed by atoms with van der Waals surface area (Å²) in [6.45, 7) is 4.33. The molecule has 0 aliphatic carbocycles. The van der Waals surface area contributed by atoms with Crippen molar-refractivity contribution in [2.75, 3.05) is 18.0 Å². The zero-order valence-corrected chi connectivity index (χ0v) is 15.9. The Balaban J connectivity index is 1.60. The largest absolute Gasteiger partial charge is 0.507 e. The van der Waals surface area contributed by atoms with Crippen LogP contribution in [-0.2, 0) is 4.79 Å². The number of benzene rings is 3. The van der Waals surface area contributed by atoms with Gasteiger partial charge in [0.05, 0.1) is 5.56 Å². The van der Waals surface area contributed by atoms with E-state index in [0.717, 1.165) is 22.0 Å². The van der Waals surface area contributed by atoms with Gasteiger partial charge in [-0.15, -0.1) is 0 Å². The average Bonchev–Trinajstić information content (AvgIpc) is 2.69. The van der Waals surface area contributed by atoms with E-state index >= 15 is 0 Å². The highest BCUT2D eigenvalue weighted by atomic mass is 16.3. The molecule has 0 spiro atoms. The molecule has 0 bridgehead atoms. The van der Waals surface area contributed by atoms with E-state index in [1.165, 1.54) is 4.90 Å². The number of nitrogens with zero attached hydrogens (tertiary/aromatic N) is 2. The van der Waals surface area contributed by atoms with Crippen molar-refractivity contribution in [3.8, 4) is 5.75 Å². The molecule has 1 fully saturated rings. The van der Waals surface area contributed by atoms with Crippen molar-refractivity contribution in [1.29, 1.82) is 0 Å². The maximum atomic E-state index is 13.1. The van der Waals surface area contributed by atoms with Crippen LogP contribution in [0.2, 0.25) is 0 Å². The number of rotatable bonds is 2. The minimum atomic E-state index is -0.326. The van der Waals surface area contributed by atoms with E-state index in [0.29, 0.717) is 6.54 Å². The molecule has 3 aromatic rings. The number of phenolic OH excluding ortho intramolecular Hbond substituents is 1. The fourth-order valence-corrected chi connectivity index (χ4v) is 3.65. The summed E-state index contributed by atoms with van der Waals surface area (Å²) in [7, 11) is 0. The van der Waals surface area contributed by atoms with E-state index in [-0.39, 0.29) is 35.7 Å². The van der Waals surface area contributed by atoms with Crippen LogP contribution in [0.15, 0.2) is 60.7 Å². The summed E-state index contributed by atoms with van der Waals surface area (Å²) in [6, 6.07) is 18.5. The highest BCUT2D eigenvalue weighted by Gasteiger charge is 2.34. The lowest BCUT2D eigenvalue weighted by Gasteiger charge is -2.39. The lowest BCUT2D eigenvalue weighted by Crippen LogP contribution is -2.57. The van der Waals surface area contributed by atoms with Crippen LogP contribution in [0.1, 0.15) is 22.8 Å². The molecule has 28 heavy (non-hydrogen) atoms. The van der Waals surface area contributed by atoms with Crippen LogP contribution in [0.5, 0.6) is 5.75 Å². The van der Waals surface area contributed by atoms with E-state index in [1.54, 1.807) is 17.0 Å². The third-order valence-electron chi connectivity index (χ3n) is 5.29. The molecule has 1 heterocycles. The van der Waals surface area contributed by atoms with Crippen molar-refractivity contribution < 1.29 is 14.7 Å². The van der Waals surface area contributed by atoms with Crippen molar-refractivity contribution in [3.05, 3.63) is 71.8 Å². The molecule has 0 saturated carbocycles. The predicted molar refractivity (Wildman–Crippen MR) is 110 cm³/mol. The second-order valence-electron chi connectivity index (χ2n) is 7.34. The monoisotopic (exact) mass is 374 g/mol. The number of aryl methyl sites for hydroxylation is 1. The van der Waals surface area contributed by atoms with Gasteiger partial charge < -0.3 is 14.9 Å². The van der Waals surface area contributed by atoms with Crippen molar-refractivity contribution >= 4 is 28.3 Å². The zero-order chi connectivity index (χ0) is 19.8. The quantitative estimate of drug-likeness (QED) is 0.743. The van der Waals surface area contributed by atoms with Crippen molar-refractivity contribution in [2.45, 2.75) is 19.9 Å². The number of hydrogen-bond acceptors (Lipinski definition) is 3. The van der Waals surface area contributed by atoms with Crippen LogP contribution >= 0.6 is 0 Å². The Kier molecular flexibility index (Phi) is 4.51. The van der Waals surface area contributed by atoms with Gasteiger partial charge in [-0.2, -0.15) is 0 Å². The van der Waals surface area contributed by atoms with E-state index in [4.69, 9.17) is 0 Å². The molecule has 0 radical (unpaired) electrons. The molecule has 0 aromatic heterocycles. The van der Waals surface area contributed by atoms with Crippen LogP contribution in [0.25, 0.3) is 10.8 Å². The molecule has 0 unspecified atom stereocenters. The van der Waals surface area contributed by atoms with Gasteiger partial charge in [0, 0.05) is 18.3 Å². The Morgan fingerprint density at radius 1 is 1.04 bits per heavy atom. The summed E-state index contributed by atoms with van der Waals surface area (Å²) in [5.41, 5.74) is 2.19. The molecule has 3 aromatic carbocycles. The number of carbonyl (C=O) groups excluding carboxylic acids is 2. The van der Waals surface area contributed by atoms with Crippen molar-refractivity contribution in [1.82, 2.24) is 4.90 Å². The van der Waals surface area contributed by atoms with E-state index in [1.807, 2.05) is 62.4 Å². The van der Waals surface area contributed by atoms with E-state index in [9.17, 15) is 14.7 Å². The molecule has 1 saturated heterocycles. The van der Waals surface area contributed by atoms with Gasteiger partial charge in [-0.3, -0.25) is 9.59 Å². The SMILES string of the molecule is Cc1ccc(N2C[C@@H](C)N(C(=O)c3cc4ccccc4cc3O)CC2=O)cc1. The normalized spacial score (nSPS) is 17.2. The van der Waals surface area contributed by atoms with Crippen molar-refractivity contribution in [3.63, 3.8) is 0 Å². The number of anilines is 1. The molecule has 1 N–H and O–H groups in total. The summed E-state index contributed by atoms with van der Waals surface area (Å²) in [5.74, 6) is -0.521. The number of aromatic hydroxyl groups is 1. The topological polar surface area (TPSA) is 60.9 Å². The number of hydrogen-bond donors (Lipinski definition) is 1. The zero-order valence-electron chi connectivity index (χ0n) is 15.9. The summed E-state index contributed by atoms with van der Waals surface area (Å²) in [4.78, 5) is 29.1. The van der Waals surface area contributed by atoms with Gasteiger partial charge in [0.1, 0.15) is 12.3 Å². The predicted octanol–water partition coefficient (Wildman–Crippen LogP) is 3.73. The highest BCUT2D eigenvalue weighted by Crippen LogP contribution is 2.28. The number of amides is 2. The standard InChI is InChI=1S/C23H22N2O3/c1-15-7-9-19(10-8-15)25-13-16(2)24(14-22(25)27)23(28)20-11-17-5-3-4-6-18(17)12-21(20)26/h3-12,16,26H,13-14H2,1-2H3/t16-/m1/s1. The van der Waals surface area contributed by atoms with Crippen LogP contribution in [-0.4, -0.2) is 41.0 Å². The molecular weight excluding hydrogens is 352 g/mol. The summed E-state index contributed by atoms with van der Waals surface area (Å²) in [5, 5.41) is 12.1. The highest BCUT2D eigenvalue weighted by molar-refractivity contribution is 6.05. The molecule has 5 heteroatoms. The maximum Gasteiger partial charge on any atom is 0.258 e. The van der Waals surface area contributed by atoms with Gasteiger partial charge in [0.2, 0.25) is 5.91 Å². The first-order chi connectivity index (χ1) is 13.4. The Bertz CT molecular complexity index is 1060. The van der Waals surface area contributed by atoms with Crippen LogP contribution in [0, 0.1) is 6.92 Å². The summed E-state index contributed by atoms with van der Waals surface area (Å²) < 4.78 is 0. The summed E-state index contributed by atoms with van der Waals surface area (Å²) >= 11 is 0. The van der Waals surface area contributed by atoms with Gasteiger partial charge in [0.15, 0.2) is 0 Å². The van der Waals surface area contributed by atoms with Gasteiger partial charge >= 0.3 is 0 Å². The molecule has 5 nitrogen and oxygen atoms in total. The minimum Gasteiger partial charge on any atom is -0.507 e. The fraction of sp³-hybridized carbons (Fsp3) is 0.217.